The van der Waals surface area contributed by atoms with Gasteiger partial charge in [0.1, 0.15) is 0 Å². The van der Waals surface area contributed by atoms with Gasteiger partial charge in [-0.2, -0.15) is 13.2 Å². The molecule has 3 atom stereocenters. The van der Waals surface area contributed by atoms with Gasteiger partial charge >= 0.3 is 18.2 Å². The second kappa shape index (κ2) is 7.62. The summed E-state index contributed by atoms with van der Waals surface area (Å²) in [6, 6.07) is -0.638. The summed E-state index contributed by atoms with van der Waals surface area (Å²) in [5.41, 5.74) is -0.320. The van der Waals surface area contributed by atoms with E-state index in [9.17, 15) is 22.8 Å². The lowest BCUT2D eigenvalue weighted by atomic mass is 9.93. The van der Waals surface area contributed by atoms with Crippen LogP contribution in [-0.2, 0) is 4.79 Å². The van der Waals surface area contributed by atoms with E-state index >= 15 is 0 Å². The number of urea groups is 1. The van der Waals surface area contributed by atoms with Crippen molar-refractivity contribution in [3.8, 4) is 0 Å². The second-order valence-electron chi connectivity index (χ2n) is 8.16. The SMILES string of the molecule is CC1CCCN(C(C)(C)CNC(=O)N2C[C@@H](C(F)(F)F)[C@H](C(=O)O)C2)C1. The van der Waals surface area contributed by atoms with Crippen LogP contribution in [0.2, 0.25) is 0 Å². The van der Waals surface area contributed by atoms with Crippen LogP contribution >= 0.6 is 0 Å². The van der Waals surface area contributed by atoms with Gasteiger partial charge < -0.3 is 15.3 Å². The van der Waals surface area contributed by atoms with Crippen molar-refractivity contribution < 1.29 is 27.9 Å². The highest BCUT2D eigenvalue weighted by atomic mass is 19.4. The number of aliphatic carboxylic acids is 1. The molecular formula is C17H28F3N3O3. The third-order valence-corrected chi connectivity index (χ3v) is 5.53. The van der Waals surface area contributed by atoms with E-state index in [0.29, 0.717) is 12.5 Å². The fourth-order valence-corrected chi connectivity index (χ4v) is 3.81. The number of carbonyl (C=O) groups excluding carboxylic acids is 1. The van der Waals surface area contributed by atoms with Crippen molar-refractivity contribution in [1.29, 1.82) is 0 Å². The van der Waals surface area contributed by atoms with Crippen molar-refractivity contribution in [2.45, 2.75) is 45.3 Å². The number of carboxylic acid groups (broad SMARTS) is 1. The van der Waals surface area contributed by atoms with E-state index in [2.05, 4.69) is 17.1 Å². The molecule has 150 valence electrons. The zero-order chi connectivity index (χ0) is 19.7. The zero-order valence-corrected chi connectivity index (χ0v) is 15.5. The number of piperidine rings is 1. The molecule has 2 heterocycles. The first kappa shape index (κ1) is 20.8. The minimum absolute atomic E-state index is 0.295. The topological polar surface area (TPSA) is 72.9 Å². The molecule has 0 saturated carbocycles. The van der Waals surface area contributed by atoms with Gasteiger partial charge in [-0.05, 0) is 39.2 Å². The Kier molecular flexibility index (Phi) is 6.09. The Morgan fingerprint density at radius 2 is 1.85 bits per heavy atom. The minimum Gasteiger partial charge on any atom is -0.481 e. The van der Waals surface area contributed by atoms with Gasteiger partial charge in [-0.25, -0.2) is 4.79 Å². The number of likely N-dealkylation sites (tertiary alicyclic amines) is 2. The lowest BCUT2D eigenvalue weighted by Gasteiger charge is -2.43. The average Bonchev–Trinajstić information content (AvgIpc) is 2.98. The zero-order valence-electron chi connectivity index (χ0n) is 15.5. The first-order valence-corrected chi connectivity index (χ1v) is 8.99. The summed E-state index contributed by atoms with van der Waals surface area (Å²) in [4.78, 5) is 26.7. The highest BCUT2D eigenvalue weighted by Gasteiger charge is 2.53. The second-order valence-corrected chi connectivity index (χ2v) is 8.16. The first-order valence-electron chi connectivity index (χ1n) is 8.99. The van der Waals surface area contributed by atoms with Crippen LogP contribution < -0.4 is 5.32 Å². The van der Waals surface area contributed by atoms with Gasteiger partial charge in [-0.1, -0.05) is 6.92 Å². The minimum atomic E-state index is -4.64. The van der Waals surface area contributed by atoms with Gasteiger partial charge in [0.25, 0.3) is 0 Å². The monoisotopic (exact) mass is 379 g/mol. The van der Waals surface area contributed by atoms with Crippen LogP contribution in [0.25, 0.3) is 0 Å². The van der Waals surface area contributed by atoms with Gasteiger partial charge in [0.15, 0.2) is 0 Å². The number of amides is 2. The van der Waals surface area contributed by atoms with Crippen LogP contribution in [0.4, 0.5) is 18.0 Å². The molecule has 0 aliphatic carbocycles. The maximum absolute atomic E-state index is 13.0. The van der Waals surface area contributed by atoms with E-state index in [1.807, 2.05) is 13.8 Å². The number of nitrogens with zero attached hydrogens (tertiary/aromatic N) is 2. The third kappa shape index (κ3) is 4.81. The number of halogens is 3. The Balaban J connectivity index is 1.94. The molecule has 9 heteroatoms. The normalized spacial score (nSPS) is 28.2. The van der Waals surface area contributed by atoms with E-state index in [1.54, 1.807) is 0 Å². The number of hydrogen-bond acceptors (Lipinski definition) is 3. The van der Waals surface area contributed by atoms with Crippen molar-refractivity contribution in [3.63, 3.8) is 0 Å². The molecule has 6 nitrogen and oxygen atoms in total. The summed E-state index contributed by atoms with van der Waals surface area (Å²) in [5.74, 6) is -4.59. The summed E-state index contributed by atoms with van der Waals surface area (Å²) in [7, 11) is 0. The molecule has 2 aliphatic rings. The van der Waals surface area contributed by atoms with Crippen LogP contribution in [0, 0.1) is 17.8 Å². The van der Waals surface area contributed by atoms with Crippen molar-refractivity contribution in [2.75, 3.05) is 32.7 Å². The summed E-state index contributed by atoms with van der Waals surface area (Å²) in [6.07, 6.45) is -2.39. The van der Waals surface area contributed by atoms with Crippen molar-refractivity contribution in [1.82, 2.24) is 15.1 Å². The summed E-state index contributed by atoms with van der Waals surface area (Å²) in [6.45, 7) is 7.26. The number of nitrogens with one attached hydrogen (secondary N) is 1. The van der Waals surface area contributed by atoms with Gasteiger partial charge in [0.05, 0.1) is 11.8 Å². The average molecular weight is 379 g/mol. The molecule has 26 heavy (non-hydrogen) atoms. The smallest absolute Gasteiger partial charge is 0.394 e. The fraction of sp³-hybridized carbons (Fsp3) is 0.882. The number of alkyl halides is 3. The maximum atomic E-state index is 13.0. The lowest BCUT2D eigenvalue weighted by molar-refractivity contribution is -0.187. The van der Waals surface area contributed by atoms with Gasteiger partial charge in [0, 0.05) is 31.7 Å². The van der Waals surface area contributed by atoms with Gasteiger partial charge in [0.2, 0.25) is 0 Å². The van der Waals surface area contributed by atoms with Gasteiger partial charge in [-0.3, -0.25) is 9.69 Å². The Morgan fingerprint density at radius 1 is 1.19 bits per heavy atom. The quantitative estimate of drug-likeness (QED) is 0.787. The number of rotatable bonds is 4. The molecule has 2 N–H and O–H groups in total. The molecule has 1 unspecified atom stereocenters. The van der Waals surface area contributed by atoms with Crippen LogP contribution in [0.1, 0.15) is 33.6 Å². The van der Waals surface area contributed by atoms with E-state index in [1.165, 1.54) is 6.42 Å². The Bertz CT molecular complexity index is 539. The Hall–Kier alpha value is -1.51. The predicted octanol–water partition coefficient (Wildman–Crippen LogP) is 2.40. The lowest BCUT2D eigenvalue weighted by Crippen LogP contribution is -2.56. The highest BCUT2D eigenvalue weighted by Crippen LogP contribution is 2.37. The summed E-state index contributed by atoms with van der Waals surface area (Å²) in [5, 5.41) is 11.7. The fourth-order valence-electron chi connectivity index (χ4n) is 3.81. The van der Waals surface area contributed by atoms with E-state index in [0.717, 1.165) is 24.4 Å². The predicted molar refractivity (Wildman–Crippen MR) is 89.7 cm³/mol. The van der Waals surface area contributed by atoms with Crippen LogP contribution in [0.5, 0.6) is 0 Å². The molecule has 2 saturated heterocycles. The first-order chi connectivity index (χ1) is 11.9. The molecule has 0 spiro atoms. The Morgan fingerprint density at radius 3 is 2.35 bits per heavy atom. The molecule has 0 radical (unpaired) electrons. The van der Waals surface area contributed by atoms with E-state index in [4.69, 9.17) is 5.11 Å². The largest absolute Gasteiger partial charge is 0.481 e. The van der Waals surface area contributed by atoms with Crippen molar-refractivity contribution in [3.05, 3.63) is 0 Å². The number of hydrogen-bond donors (Lipinski definition) is 2. The van der Waals surface area contributed by atoms with Crippen LogP contribution in [0.15, 0.2) is 0 Å². The summed E-state index contributed by atoms with van der Waals surface area (Å²) >= 11 is 0. The van der Waals surface area contributed by atoms with Crippen molar-refractivity contribution >= 4 is 12.0 Å². The number of carboxylic acids is 1. The molecular weight excluding hydrogens is 351 g/mol. The van der Waals surface area contributed by atoms with Crippen LogP contribution in [0.3, 0.4) is 0 Å². The molecule has 2 rings (SSSR count). The molecule has 2 fully saturated rings. The Labute approximate surface area is 151 Å². The third-order valence-electron chi connectivity index (χ3n) is 5.53. The van der Waals surface area contributed by atoms with Gasteiger partial charge in [-0.15, -0.1) is 0 Å². The van der Waals surface area contributed by atoms with E-state index in [-0.39, 0.29) is 5.54 Å². The maximum Gasteiger partial charge on any atom is 0.394 e. The standard InChI is InChI=1S/C17H28F3N3O3/c1-11-5-4-6-23(7-11)16(2,3)10-21-15(26)22-8-12(14(24)25)13(9-22)17(18,19)20/h11-13H,4-10H2,1-3H3,(H,21,26)(H,24,25)/t11?,12-,13-/m1/s1. The molecule has 2 amide bonds. The van der Waals surface area contributed by atoms with Crippen molar-refractivity contribution in [2.24, 2.45) is 17.8 Å². The molecule has 0 aromatic rings. The van der Waals surface area contributed by atoms with Crippen LogP contribution in [-0.4, -0.2) is 71.3 Å². The molecule has 2 aliphatic heterocycles. The van der Waals surface area contributed by atoms with E-state index < -0.39 is 43.1 Å². The summed E-state index contributed by atoms with van der Waals surface area (Å²) < 4.78 is 39.1. The molecule has 0 bridgehead atoms. The molecule has 0 aromatic heterocycles. The number of carbonyl (C=O) groups is 2. The molecule has 0 aromatic carbocycles. The highest BCUT2D eigenvalue weighted by molar-refractivity contribution is 5.77.